The first-order valence-electron chi connectivity index (χ1n) is 11.1. The van der Waals surface area contributed by atoms with Crippen LogP contribution < -0.4 is 19.8 Å². The zero-order valence-corrected chi connectivity index (χ0v) is 21.6. The van der Waals surface area contributed by atoms with Crippen molar-refractivity contribution in [3.8, 4) is 5.75 Å². The van der Waals surface area contributed by atoms with Gasteiger partial charge >= 0.3 is 0 Å². The predicted octanol–water partition coefficient (Wildman–Crippen LogP) is 3.30. The van der Waals surface area contributed by atoms with Gasteiger partial charge in [0.25, 0.3) is 21.6 Å². The van der Waals surface area contributed by atoms with Gasteiger partial charge in [-0.2, -0.15) is 5.10 Å². The Hall–Kier alpha value is -4.78. The van der Waals surface area contributed by atoms with Crippen LogP contribution in [0.15, 0.2) is 82.8 Å². The Morgan fingerprint density at radius 1 is 0.974 bits per heavy atom. The number of nitro benzene ring substituents is 1. The number of benzene rings is 3. The second-order valence-electron chi connectivity index (χ2n) is 7.95. The Labute approximate surface area is 219 Å². The maximum atomic E-state index is 13.5. The van der Waals surface area contributed by atoms with Crippen LogP contribution in [0.5, 0.6) is 5.75 Å². The van der Waals surface area contributed by atoms with Gasteiger partial charge in [0.2, 0.25) is 5.91 Å². The number of nitrogens with zero attached hydrogens (tertiary/aromatic N) is 3. The van der Waals surface area contributed by atoms with Gasteiger partial charge in [-0.05, 0) is 73.2 Å². The second-order valence-corrected chi connectivity index (χ2v) is 9.81. The summed E-state index contributed by atoms with van der Waals surface area (Å²) in [6.45, 7) is 2.33. The fraction of sp³-hybridized carbons (Fsp3) is 0.160. The van der Waals surface area contributed by atoms with Gasteiger partial charge in [0.1, 0.15) is 12.3 Å². The number of carbonyl (C=O) groups excluding carboxylic acids is 2. The van der Waals surface area contributed by atoms with Gasteiger partial charge < -0.3 is 10.1 Å². The van der Waals surface area contributed by atoms with Crippen molar-refractivity contribution < 1.29 is 27.7 Å². The van der Waals surface area contributed by atoms with Gasteiger partial charge in [-0.25, -0.2) is 13.8 Å². The smallest absolute Gasteiger partial charge is 0.269 e. The quantitative estimate of drug-likeness (QED) is 0.227. The number of ether oxygens (including phenoxy) is 1. The van der Waals surface area contributed by atoms with E-state index < -0.39 is 27.4 Å². The Morgan fingerprint density at radius 2 is 1.58 bits per heavy atom. The zero-order chi connectivity index (χ0) is 27.9. The second kappa shape index (κ2) is 12.0. The van der Waals surface area contributed by atoms with Gasteiger partial charge in [0.15, 0.2) is 0 Å². The minimum Gasteiger partial charge on any atom is -0.497 e. The van der Waals surface area contributed by atoms with E-state index in [1.165, 1.54) is 74.7 Å². The molecule has 3 aromatic carbocycles. The van der Waals surface area contributed by atoms with Crippen molar-refractivity contribution in [1.29, 1.82) is 0 Å². The third-order valence-corrected chi connectivity index (χ3v) is 7.04. The summed E-state index contributed by atoms with van der Waals surface area (Å²) in [5.74, 6) is -0.527. The van der Waals surface area contributed by atoms with Gasteiger partial charge in [0.05, 0.1) is 28.3 Å². The van der Waals surface area contributed by atoms with E-state index >= 15 is 0 Å². The number of sulfonamides is 1. The van der Waals surface area contributed by atoms with Crippen LogP contribution in [0.25, 0.3) is 0 Å². The van der Waals surface area contributed by atoms with Crippen LogP contribution in [0.2, 0.25) is 0 Å². The SMILES string of the molecule is COc1ccc(N(CC(=O)N/N=C(/C)c2ccc([N+](=O)[O-])cc2)S(=O)(=O)c2ccc(NC(C)=O)cc2)cc1. The number of nitrogens with one attached hydrogen (secondary N) is 2. The van der Waals surface area contributed by atoms with Crippen LogP contribution in [-0.4, -0.2) is 44.5 Å². The van der Waals surface area contributed by atoms with E-state index in [0.29, 0.717) is 22.7 Å². The molecular formula is C25H25N5O7S. The van der Waals surface area contributed by atoms with E-state index in [1.807, 2.05) is 0 Å². The highest BCUT2D eigenvalue weighted by molar-refractivity contribution is 7.92. The largest absolute Gasteiger partial charge is 0.497 e. The van der Waals surface area contributed by atoms with Crippen LogP contribution in [0.1, 0.15) is 19.4 Å². The zero-order valence-electron chi connectivity index (χ0n) is 20.7. The lowest BCUT2D eigenvalue weighted by Crippen LogP contribution is -2.39. The number of hydrazone groups is 1. The van der Waals surface area contributed by atoms with Crippen molar-refractivity contribution in [3.05, 3.63) is 88.5 Å². The van der Waals surface area contributed by atoms with E-state index in [2.05, 4.69) is 15.8 Å². The molecule has 0 aliphatic rings. The molecule has 0 aromatic heterocycles. The van der Waals surface area contributed by atoms with E-state index in [9.17, 15) is 28.1 Å². The standard InChI is InChI=1S/C25H25N5O7S/c1-17(19-4-8-22(9-5-19)30(33)34)27-28-25(32)16-29(21-10-12-23(37-3)13-11-21)38(35,36)24-14-6-20(7-15-24)26-18(2)31/h4-15H,16H2,1-3H3,(H,26,31)(H,28,32)/b27-17-. The highest BCUT2D eigenvalue weighted by atomic mass is 32.2. The van der Waals surface area contributed by atoms with Crippen molar-refractivity contribution in [1.82, 2.24) is 5.43 Å². The van der Waals surface area contributed by atoms with Crippen LogP contribution >= 0.6 is 0 Å². The first-order valence-corrected chi connectivity index (χ1v) is 12.6. The highest BCUT2D eigenvalue weighted by Gasteiger charge is 2.27. The summed E-state index contributed by atoms with van der Waals surface area (Å²) in [5, 5.41) is 17.4. The Balaban J connectivity index is 1.86. The van der Waals surface area contributed by atoms with Crippen LogP contribution in [0.3, 0.4) is 0 Å². The summed E-state index contributed by atoms with van der Waals surface area (Å²) < 4.78 is 33.1. The molecule has 0 bridgehead atoms. The molecule has 0 saturated carbocycles. The van der Waals surface area contributed by atoms with Crippen molar-refractivity contribution in [3.63, 3.8) is 0 Å². The minimum absolute atomic E-state index is 0.0870. The van der Waals surface area contributed by atoms with Crippen LogP contribution in [-0.2, 0) is 19.6 Å². The molecule has 0 unspecified atom stereocenters. The third-order valence-electron chi connectivity index (χ3n) is 5.25. The molecule has 2 amide bonds. The molecule has 2 N–H and O–H groups in total. The maximum absolute atomic E-state index is 13.5. The maximum Gasteiger partial charge on any atom is 0.269 e. The molecule has 38 heavy (non-hydrogen) atoms. The monoisotopic (exact) mass is 539 g/mol. The topological polar surface area (TPSA) is 160 Å². The number of hydrogen-bond acceptors (Lipinski definition) is 8. The summed E-state index contributed by atoms with van der Waals surface area (Å²) in [4.78, 5) is 34.3. The predicted molar refractivity (Wildman–Crippen MR) is 142 cm³/mol. The fourth-order valence-electron chi connectivity index (χ4n) is 3.31. The molecular weight excluding hydrogens is 514 g/mol. The molecule has 0 atom stereocenters. The van der Waals surface area contributed by atoms with Crippen molar-refractivity contribution in [2.24, 2.45) is 5.10 Å². The molecule has 0 heterocycles. The van der Waals surface area contributed by atoms with E-state index in [1.54, 1.807) is 19.1 Å². The molecule has 198 valence electrons. The molecule has 0 saturated heterocycles. The molecule has 3 rings (SSSR count). The summed E-state index contributed by atoms with van der Waals surface area (Å²) in [7, 11) is -2.74. The normalized spacial score (nSPS) is 11.4. The number of anilines is 2. The van der Waals surface area contributed by atoms with Gasteiger partial charge in [-0.3, -0.25) is 24.0 Å². The van der Waals surface area contributed by atoms with E-state index in [0.717, 1.165) is 4.31 Å². The number of non-ortho nitro benzene ring substituents is 1. The number of amides is 2. The summed E-state index contributed by atoms with van der Waals surface area (Å²) in [6, 6.07) is 17.3. The van der Waals surface area contributed by atoms with Crippen LogP contribution in [0.4, 0.5) is 17.1 Å². The first-order chi connectivity index (χ1) is 18.0. The lowest BCUT2D eigenvalue weighted by Gasteiger charge is -2.24. The number of rotatable bonds is 10. The lowest BCUT2D eigenvalue weighted by molar-refractivity contribution is -0.384. The van der Waals surface area contributed by atoms with E-state index in [-0.39, 0.29) is 22.2 Å². The molecule has 0 radical (unpaired) electrons. The van der Waals surface area contributed by atoms with Gasteiger partial charge in [0, 0.05) is 24.7 Å². The van der Waals surface area contributed by atoms with Crippen molar-refractivity contribution in [2.45, 2.75) is 18.7 Å². The average molecular weight is 540 g/mol. The summed E-state index contributed by atoms with van der Waals surface area (Å²) in [5.41, 5.74) is 3.77. The molecule has 3 aromatic rings. The van der Waals surface area contributed by atoms with E-state index in [4.69, 9.17) is 4.74 Å². The van der Waals surface area contributed by atoms with Crippen molar-refractivity contribution >= 4 is 44.6 Å². The number of methoxy groups -OCH3 is 1. The van der Waals surface area contributed by atoms with Crippen molar-refractivity contribution in [2.75, 3.05) is 23.3 Å². The minimum atomic E-state index is -4.21. The first kappa shape index (κ1) is 27.8. The summed E-state index contributed by atoms with van der Waals surface area (Å²) >= 11 is 0. The Morgan fingerprint density at radius 3 is 2.11 bits per heavy atom. The molecule has 13 heteroatoms. The Bertz CT molecular complexity index is 1450. The summed E-state index contributed by atoms with van der Waals surface area (Å²) in [6.07, 6.45) is 0. The molecule has 0 aliphatic carbocycles. The molecule has 0 fully saturated rings. The third kappa shape index (κ3) is 6.91. The van der Waals surface area contributed by atoms with Crippen LogP contribution in [0, 0.1) is 10.1 Å². The van der Waals surface area contributed by atoms with Gasteiger partial charge in [-0.15, -0.1) is 0 Å². The highest BCUT2D eigenvalue weighted by Crippen LogP contribution is 2.26. The molecule has 0 aliphatic heterocycles. The number of nitro groups is 1. The lowest BCUT2D eigenvalue weighted by atomic mass is 10.1. The molecule has 12 nitrogen and oxygen atoms in total. The Kier molecular flexibility index (Phi) is 8.76. The number of hydrogen-bond donors (Lipinski definition) is 2. The average Bonchev–Trinajstić information content (AvgIpc) is 2.90. The molecule has 0 spiro atoms. The van der Waals surface area contributed by atoms with Gasteiger partial charge in [-0.1, -0.05) is 0 Å². The number of carbonyl (C=O) groups is 2. The fourth-order valence-corrected chi connectivity index (χ4v) is 4.73.